The van der Waals surface area contributed by atoms with E-state index in [-0.39, 0.29) is 4.90 Å². The maximum absolute atomic E-state index is 11.6. The Morgan fingerprint density at radius 2 is 1.84 bits per heavy atom. The van der Waals surface area contributed by atoms with Crippen LogP contribution in [0.1, 0.15) is 12.5 Å². The van der Waals surface area contributed by atoms with Crippen LogP contribution in [-0.4, -0.2) is 26.8 Å². The molecule has 3 rings (SSSR count). The lowest BCUT2D eigenvalue weighted by molar-refractivity contribution is 0.411. The Morgan fingerprint density at radius 1 is 1.12 bits per heavy atom. The Morgan fingerprint density at radius 3 is 2.44 bits per heavy atom. The molecule has 0 aliphatic heterocycles. The van der Waals surface area contributed by atoms with Gasteiger partial charge in [0.2, 0.25) is 0 Å². The molecule has 0 saturated heterocycles. The van der Waals surface area contributed by atoms with Crippen LogP contribution in [-0.2, 0) is 16.3 Å². The lowest BCUT2D eigenvalue weighted by Crippen LogP contribution is -1.99. The van der Waals surface area contributed by atoms with Gasteiger partial charge < -0.3 is 10.1 Å². The molecule has 2 aromatic carbocycles. The Kier molecular flexibility index (Phi) is 4.63. The standard InChI is InChI=1S/C19H20N2O3S/c1-4-13-11-14-9-10-20-19(17(14)12-18(13)24-2)21-15-5-7-16(8-6-15)25(3,22)23/h5-12H,4H2,1-3H3,(H,20,21). The fraction of sp³-hybridized carbons (Fsp3) is 0.211. The molecule has 1 heterocycles. The fourth-order valence-electron chi connectivity index (χ4n) is 2.74. The minimum Gasteiger partial charge on any atom is -0.496 e. The summed E-state index contributed by atoms with van der Waals surface area (Å²) >= 11 is 0. The summed E-state index contributed by atoms with van der Waals surface area (Å²) in [6.45, 7) is 2.09. The molecule has 0 saturated carbocycles. The largest absolute Gasteiger partial charge is 0.496 e. The Bertz CT molecular complexity index is 1010. The van der Waals surface area contributed by atoms with Gasteiger partial charge in [-0.1, -0.05) is 6.92 Å². The van der Waals surface area contributed by atoms with Crippen molar-refractivity contribution in [2.45, 2.75) is 18.2 Å². The summed E-state index contributed by atoms with van der Waals surface area (Å²) in [5, 5.41) is 5.27. The highest BCUT2D eigenvalue weighted by Gasteiger charge is 2.10. The van der Waals surface area contributed by atoms with Crippen molar-refractivity contribution in [1.29, 1.82) is 0 Å². The SMILES string of the molecule is CCc1cc2ccnc(Nc3ccc(S(C)(=O)=O)cc3)c2cc1OC. The molecule has 5 nitrogen and oxygen atoms in total. The molecule has 1 aromatic heterocycles. The summed E-state index contributed by atoms with van der Waals surface area (Å²) in [5.41, 5.74) is 1.91. The van der Waals surface area contributed by atoms with E-state index in [9.17, 15) is 8.42 Å². The average Bonchev–Trinajstić information content (AvgIpc) is 2.60. The lowest BCUT2D eigenvalue weighted by atomic mass is 10.1. The highest BCUT2D eigenvalue weighted by atomic mass is 32.2. The monoisotopic (exact) mass is 356 g/mol. The molecule has 0 fully saturated rings. The van der Waals surface area contributed by atoms with Gasteiger partial charge in [-0.3, -0.25) is 0 Å². The van der Waals surface area contributed by atoms with Gasteiger partial charge in [-0.2, -0.15) is 0 Å². The van der Waals surface area contributed by atoms with Gasteiger partial charge in [0.1, 0.15) is 11.6 Å². The molecule has 0 aliphatic carbocycles. The summed E-state index contributed by atoms with van der Waals surface area (Å²) < 4.78 is 28.6. The number of methoxy groups -OCH3 is 1. The second kappa shape index (κ2) is 6.72. The van der Waals surface area contributed by atoms with E-state index >= 15 is 0 Å². The zero-order valence-corrected chi connectivity index (χ0v) is 15.2. The summed E-state index contributed by atoms with van der Waals surface area (Å²) in [4.78, 5) is 4.71. The van der Waals surface area contributed by atoms with Crippen molar-refractivity contribution in [2.75, 3.05) is 18.7 Å². The maximum Gasteiger partial charge on any atom is 0.175 e. The normalized spacial score (nSPS) is 11.5. The van der Waals surface area contributed by atoms with Crippen LogP contribution in [0.3, 0.4) is 0 Å². The van der Waals surface area contributed by atoms with Crippen LogP contribution in [0.15, 0.2) is 53.6 Å². The maximum atomic E-state index is 11.6. The number of anilines is 2. The highest BCUT2D eigenvalue weighted by Crippen LogP contribution is 2.31. The van der Waals surface area contributed by atoms with Crippen molar-refractivity contribution < 1.29 is 13.2 Å². The van der Waals surface area contributed by atoms with Gasteiger partial charge in [0.25, 0.3) is 0 Å². The summed E-state index contributed by atoms with van der Waals surface area (Å²) in [6, 6.07) is 12.7. The molecule has 0 unspecified atom stereocenters. The van der Waals surface area contributed by atoms with Gasteiger partial charge in [-0.25, -0.2) is 13.4 Å². The van der Waals surface area contributed by atoms with Crippen LogP contribution < -0.4 is 10.1 Å². The molecule has 0 spiro atoms. The molecular weight excluding hydrogens is 336 g/mol. The van der Waals surface area contributed by atoms with Gasteiger partial charge >= 0.3 is 0 Å². The number of fused-ring (bicyclic) bond motifs is 1. The van der Waals surface area contributed by atoms with Crippen molar-refractivity contribution in [3.63, 3.8) is 0 Å². The van der Waals surface area contributed by atoms with Crippen LogP contribution in [0.25, 0.3) is 10.8 Å². The number of nitrogens with one attached hydrogen (secondary N) is 1. The zero-order chi connectivity index (χ0) is 18.0. The minimum absolute atomic E-state index is 0.290. The first-order valence-corrected chi connectivity index (χ1v) is 9.84. The molecular formula is C19H20N2O3S. The third kappa shape index (κ3) is 3.58. The van der Waals surface area contributed by atoms with E-state index in [0.29, 0.717) is 5.82 Å². The quantitative estimate of drug-likeness (QED) is 0.749. The van der Waals surface area contributed by atoms with Crippen molar-refractivity contribution >= 4 is 32.1 Å². The first-order valence-electron chi connectivity index (χ1n) is 7.95. The number of benzene rings is 2. The number of hydrogen-bond acceptors (Lipinski definition) is 5. The molecule has 0 atom stereocenters. The van der Waals surface area contributed by atoms with Gasteiger partial charge in [0, 0.05) is 23.5 Å². The van der Waals surface area contributed by atoms with E-state index in [0.717, 1.165) is 34.2 Å². The predicted molar refractivity (Wildman–Crippen MR) is 101 cm³/mol. The fourth-order valence-corrected chi connectivity index (χ4v) is 3.37. The van der Waals surface area contributed by atoms with Crippen LogP contribution in [0.5, 0.6) is 5.75 Å². The summed E-state index contributed by atoms with van der Waals surface area (Å²) in [7, 11) is -1.54. The minimum atomic E-state index is -3.20. The van der Waals surface area contributed by atoms with Crippen LogP contribution in [0, 0.1) is 0 Å². The molecule has 130 valence electrons. The molecule has 6 heteroatoms. The second-order valence-electron chi connectivity index (χ2n) is 5.82. The Labute approximate surface area is 147 Å². The topological polar surface area (TPSA) is 68.3 Å². The lowest BCUT2D eigenvalue weighted by Gasteiger charge is -2.13. The first-order chi connectivity index (χ1) is 11.9. The molecule has 25 heavy (non-hydrogen) atoms. The highest BCUT2D eigenvalue weighted by molar-refractivity contribution is 7.90. The second-order valence-corrected chi connectivity index (χ2v) is 7.84. The number of ether oxygens (including phenoxy) is 1. The van der Waals surface area contributed by atoms with Gasteiger partial charge in [0.05, 0.1) is 12.0 Å². The number of nitrogens with zero attached hydrogens (tertiary/aromatic N) is 1. The molecule has 3 aromatic rings. The van der Waals surface area contributed by atoms with E-state index < -0.39 is 9.84 Å². The number of rotatable bonds is 5. The number of aryl methyl sites for hydroxylation is 1. The molecule has 0 aliphatic rings. The molecule has 0 bridgehead atoms. The van der Waals surface area contributed by atoms with Crippen molar-refractivity contribution in [3.05, 3.63) is 54.2 Å². The van der Waals surface area contributed by atoms with Gasteiger partial charge in [-0.15, -0.1) is 0 Å². The molecule has 0 radical (unpaired) electrons. The molecule has 1 N–H and O–H groups in total. The van der Waals surface area contributed by atoms with E-state index in [1.807, 2.05) is 12.1 Å². The van der Waals surface area contributed by atoms with E-state index in [1.54, 1.807) is 37.6 Å². The third-order valence-corrected chi connectivity index (χ3v) is 5.22. The number of aromatic nitrogens is 1. The zero-order valence-electron chi connectivity index (χ0n) is 14.4. The van der Waals surface area contributed by atoms with Crippen LogP contribution in [0.4, 0.5) is 11.5 Å². The predicted octanol–water partition coefficient (Wildman–Crippen LogP) is 3.95. The van der Waals surface area contributed by atoms with Gasteiger partial charge in [0.15, 0.2) is 9.84 Å². The van der Waals surface area contributed by atoms with Crippen LogP contribution >= 0.6 is 0 Å². The van der Waals surface area contributed by atoms with E-state index in [4.69, 9.17) is 4.74 Å². The Hall–Kier alpha value is -2.60. The average molecular weight is 356 g/mol. The number of sulfone groups is 1. The van der Waals surface area contributed by atoms with Crippen molar-refractivity contribution in [1.82, 2.24) is 4.98 Å². The van der Waals surface area contributed by atoms with E-state index in [2.05, 4.69) is 23.3 Å². The van der Waals surface area contributed by atoms with Gasteiger partial charge in [-0.05, 0) is 59.8 Å². The number of pyridine rings is 1. The first kappa shape index (κ1) is 17.2. The Balaban J connectivity index is 2.01. The summed E-state index contributed by atoms with van der Waals surface area (Å²) in [6.07, 6.45) is 3.83. The smallest absolute Gasteiger partial charge is 0.175 e. The number of hydrogen-bond donors (Lipinski definition) is 1. The molecule has 0 amide bonds. The van der Waals surface area contributed by atoms with Crippen molar-refractivity contribution in [3.8, 4) is 5.75 Å². The van der Waals surface area contributed by atoms with E-state index in [1.165, 1.54) is 6.26 Å². The van der Waals surface area contributed by atoms with Crippen molar-refractivity contribution in [2.24, 2.45) is 0 Å². The third-order valence-electron chi connectivity index (χ3n) is 4.09. The summed E-state index contributed by atoms with van der Waals surface area (Å²) in [5.74, 6) is 1.53. The van der Waals surface area contributed by atoms with Crippen LogP contribution in [0.2, 0.25) is 0 Å².